The highest BCUT2D eigenvalue weighted by atomic mass is 16.6. The molecule has 3 rings (SSSR count). The van der Waals surface area contributed by atoms with Crippen molar-refractivity contribution >= 4 is 23.0 Å². The van der Waals surface area contributed by atoms with Gasteiger partial charge in [-0.3, -0.25) is 15.1 Å². The zero-order valence-corrected chi connectivity index (χ0v) is 13.4. The highest BCUT2D eigenvalue weighted by Gasteiger charge is 2.11. The summed E-state index contributed by atoms with van der Waals surface area (Å²) in [5, 5.41) is 18.7. The Bertz CT molecular complexity index is 939. The Balaban J connectivity index is 1.64. The summed E-state index contributed by atoms with van der Waals surface area (Å²) in [6.45, 7) is 0. The summed E-state index contributed by atoms with van der Waals surface area (Å²) in [7, 11) is 0. The van der Waals surface area contributed by atoms with E-state index in [0.29, 0.717) is 17.1 Å². The second-order valence-electron chi connectivity index (χ2n) is 5.10. The topological polar surface area (TPSA) is 107 Å². The number of esters is 1. The number of carbonyl (C=O) groups is 1. The molecular weight excluding hydrogens is 336 g/mol. The van der Waals surface area contributed by atoms with Crippen LogP contribution in [-0.2, 0) is 0 Å². The first kappa shape index (κ1) is 16.9. The summed E-state index contributed by atoms with van der Waals surface area (Å²) in [5.74, 6) is -0.279. The van der Waals surface area contributed by atoms with Crippen molar-refractivity contribution in [3.63, 3.8) is 0 Å². The van der Waals surface area contributed by atoms with E-state index < -0.39 is 10.9 Å². The lowest BCUT2D eigenvalue weighted by molar-refractivity contribution is -0.384. The van der Waals surface area contributed by atoms with Gasteiger partial charge in [-0.05, 0) is 48.5 Å². The number of ether oxygens (including phenoxy) is 1. The Hall–Kier alpha value is -3.94. The fourth-order valence-corrected chi connectivity index (χ4v) is 1.99. The van der Waals surface area contributed by atoms with Crippen LogP contribution in [0.25, 0.3) is 0 Å². The lowest BCUT2D eigenvalue weighted by atomic mass is 10.2. The quantitative estimate of drug-likeness (QED) is 0.220. The summed E-state index contributed by atoms with van der Waals surface area (Å²) in [6.07, 6.45) is 3.23. The third kappa shape index (κ3) is 4.32. The SMILES string of the molecule is O=C(Oc1ccc(N=Nc2cccnc2)cc1)c1ccc([N+](=O)[O-])cc1. The van der Waals surface area contributed by atoms with Gasteiger partial charge < -0.3 is 4.74 Å². The Kier molecular flexibility index (Phi) is 5.04. The number of nitro benzene ring substituents is 1. The summed E-state index contributed by atoms with van der Waals surface area (Å²) in [5.41, 5.74) is 1.34. The van der Waals surface area contributed by atoms with Crippen LogP contribution in [0.2, 0.25) is 0 Å². The van der Waals surface area contributed by atoms with Crippen molar-refractivity contribution in [2.75, 3.05) is 0 Å². The Morgan fingerprint density at radius 3 is 2.27 bits per heavy atom. The second kappa shape index (κ2) is 7.75. The van der Waals surface area contributed by atoms with Crippen molar-refractivity contribution in [3.05, 3.63) is 88.7 Å². The number of rotatable bonds is 5. The second-order valence-corrected chi connectivity index (χ2v) is 5.10. The molecule has 0 fully saturated rings. The van der Waals surface area contributed by atoms with E-state index in [2.05, 4.69) is 15.2 Å². The van der Waals surface area contributed by atoms with Crippen LogP contribution in [0.1, 0.15) is 10.4 Å². The van der Waals surface area contributed by atoms with Crippen molar-refractivity contribution in [1.82, 2.24) is 4.98 Å². The number of carbonyl (C=O) groups excluding carboxylic acids is 1. The molecule has 0 aliphatic heterocycles. The van der Waals surface area contributed by atoms with E-state index >= 15 is 0 Å². The molecule has 2 aromatic carbocycles. The van der Waals surface area contributed by atoms with Crippen LogP contribution >= 0.6 is 0 Å². The molecule has 0 saturated carbocycles. The molecule has 26 heavy (non-hydrogen) atoms. The van der Waals surface area contributed by atoms with Crippen molar-refractivity contribution in [2.24, 2.45) is 10.2 Å². The first-order valence-corrected chi connectivity index (χ1v) is 7.50. The molecule has 0 amide bonds. The maximum absolute atomic E-state index is 12.0. The van der Waals surface area contributed by atoms with Gasteiger partial charge in [-0.1, -0.05) is 0 Å². The summed E-state index contributed by atoms with van der Waals surface area (Å²) >= 11 is 0. The largest absolute Gasteiger partial charge is 0.423 e. The molecule has 0 aliphatic carbocycles. The number of aromatic nitrogens is 1. The third-order valence-corrected chi connectivity index (χ3v) is 3.29. The van der Waals surface area contributed by atoms with E-state index in [-0.39, 0.29) is 11.3 Å². The summed E-state index contributed by atoms with van der Waals surface area (Å²) < 4.78 is 5.23. The predicted molar refractivity (Wildman–Crippen MR) is 92.9 cm³/mol. The molecule has 1 aromatic heterocycles. The van der Waals surface area contributed by atoms with E-state index in [9.17, 15) is 14.9 Å². The van der Waals surface area contributed by atoms with Gasteiger partial charge in [-0.25, -0.2) is 4.79 Å². The monoisotopic (exact) mass is 348 g/mol. The standard InChI is InChI=1S/C18H12N4O4/c23-18(13-3-7-16(8-4-13)22(24)25)26-17-9-5-14(6-10-17)20-21-15-2-1-11-19-12-15/h1-12H. The molecule has 0 bridgehead atoms. The van der Waals surface area contributed by atoms with Crippen molar-refractivity contribution in [2.45, 2.75) is 0 Å². The van der Waals surface area contributed by atoms with Gasteiger partial charge in [-0.15, -0.1) is 5.11 Å². The predicted octanol–water partition coefficient (Wildman–Crippen LogP) is 4.62. The zero-order chi connectivity index (χ0) is 18.4. The molecule has 3 aromatic rings. The fraction of sp³-hybridized carbons (Fsp3) is 0. The van der Waals surface area contributed by atoms with E-state index in [1.54, 1.807) is 48.8 Å². The highest BCUT2D eigenvalue weighted by Crippen LogP contribution is 2.22. The maximum atomic E-state index is 12.0. The van der Waals surface area contributed by atoms with Gasteiger partial charge in [0.2, 0.25) is 0 Å². The first-order chi connectivity index (χ1) is 12.6. The summed E-state index contributed by atoms with van der Waals surface area (Å²) in [6, 6.07) is 15.2. The zero-order valence-electron chi connectivity index (χ0n) is 13.4. The minimum Gasteiger partial charge on any atom is -0.423 e. The van der Waals surface area contributed by atoms with Gasteiger partial charge in [0.05, 0.1) is 22.4 Å². The van der Waals surface area contributed by atoms with E-state index in [4.69, 9.17) is 4.74 Å². The lowest BCUT2D eigenvalue weighted by Crippen LogP contribution is -2.08. The average Bonchev–Trinajstić information content (AvgIpc) is 2.68. The maximum Gasteiger partial charge on any atom is 0.343 e. The van der Waals surface area contributed by atoms with Gasteiger partial charge in [0.25, 0.3) is 5.69 Å². The van der Waals surface area contributed by atoms with Crippen molar-refractivity contribution in [3.8, 4) is 5.75 Å². The van der Waals surface area contributed by atoms with E-state index in [1.165, 1.54) is 24.3 Å². The van der Waals surface area contributed by atoms with E-state index in [0.717, 1.165) is 0 Å². The molecule has 8 heteroatoms. The van der Waals surface area contributed by atoms with Gasteiger partial charge in [0.1, 0.15) is 11.4 Å². The van der Waals surface area contributed by atoms with Gasteiger partial charge >= 0.3 is 5.97 Å². The molecule has 0 radical (unpaired) electrons. The normalized spacial score (nSPS) is 10.6. The number of non-ortho nitro benzene ring substituents is 1. The Morgan fingerprint density at radius 1 is 0.962 bits per heavy atom. The lowest BCUT2D eigenvalue weighted by Gasteiger charge is -2.04. The van der Waals surface area contributed by atoms with Crippen molar-refractivity contribution in [1.29, 1.82) is 0 Å². The number of nitro groups is 1. The molecule has 128 valence electrons. The number of nitrogens with zero attached hydrogens (tertiary/aromatic N) is 4. The minimum atomic E-state index is -0.607. The molecule has 0 spiro atoms. The van der Waals surface area contributed by atoms with Crippen LogP contribution in [0, 0.1) is 10.1 Å². The Morgan fingerprint density at radius 2 is 1.65 bits per heavy atom. The van der Waals surface area contributed by atoms with Gasteiger partial charge in [0, 0.05) is 18.3 Å². The highest BCUT2D eigenvalue weighted by molar-refractivity contribution is 5.91. The third-order valence-electron chi connectivity index (χ3n) is 3.29. The molecule has 0 aliphatic rings. The van der Waals surface area contributed by atoms with E-state index in [1.807, 2.05) is 0 Å². The number of hydrogen-bond acceptors (Lipinski definition) is 7. The van der Waals surface area contributed by atoms with Gasteiger partial charge in [0.15, 0.2) is 0 Å². The van der Waals surface area contributed by atoms with Crippen LogP contribution in [0.15, 0.2) is 83.3 Å². The van der Waals surface area contributed by atoms with Gasteiger partial charge in [-0.2, -0.15) is 5.11 Å². The fourth-order valence-electron chi connectivity index (χ4n) is 1.99. The minimum absolute atomic E-state index is 0.0927. The first-order valence-electron chi connectivity index (χ1n) is 7.50. The number of hydrogen-bond donors (Lipinski definition) is 0. The molecule has 0 atom stereocenters. The molecule has 0 unspecified atom stereocenters. The van der Waals surface area contributed by atoms with Crippen LogP contribution in [0.5, 0.6) is 5.75 Å². The number of azo groups is 1. The van der Waals surface area contributed by atoms with Crippen LogP contribution in [0.3, 0.4) is 0 Å². The molecular formula is C18H12N4O4. The number of benzene rings is 2. The van der Waals surface area contributed by atoms with Crippen LogP contribution < -0.4 is 4.74 Å². The molecule has 1 heterocycles. The average molecular weight is 348 g/mol. The Labute approximate surface area is 148 Å². The number of pyridine rings is 1. The molecule has 0 N–H and O–H groups in total. The molecule has 0 saturated heterocycles. The smallest absolute Gasteiger partial charge is 0.343 e. The van der Waals surface area contributed by atoms with Crippen LogP contribution in [0.4, 0.5) is 17.1 Å². The molecule has 8 nitrogen and oxygen atoms in total. The van der Waals surface area contributed by atoms with Crippen molar-refractivity contribution < 1.29 is 14.5 Å². The summed E-state index contributed by atoms with van der Waals surface area (Å²) in [4.78, 5) is 26.1. The van der Waals surface area contributed by atoms with Crippen LogP contribution in [-0.4, -0.2) is 15.9 Å².